The normalized spacial score (nSPS) is 12.4. The zero-order chi connectivity index (χ0) is 20.2. The summed E-state index contributed by atoms with van der Waals surface area (Å²) in [5.74, 6) is -0.809. The summed E-state index contributed by atoms with van der Waals surface area (Å²) < 4.78 is 13.0. The highest BCUT2D eigenvalue weighted by Crippen LogP contribution is 2.22. The lowest BCUT2D eigenvalue weighted by atomic mass is 9.86. The van der Waals surface area contributed by atoms with Crippen LogP contribution in [0.15, 0.2) is 48.5 Å². The topological polar surface area (TPSA) is 49.4 Å². The molecule has 0 saturated heterocycles. The van der Waals surface area contributed by atoms with Crippen molar-refractivity contribution in [3.8, 4) is 0 Å². The second-order valence-electron chi connectivity index (χ2n) is 7.84. The maximum absolute atomic E-state index is 13.0. The van der Waals surface area contributed by atoms with E-state index in [1.54, 1.807) is 38.2 Å². The molecule has 2 rings (SSSR count). The molecule has 0 heterocycles. The minimum absolute atomic E-state index is 0.0152. The molecule has 27 heavy (non-hydrogen) atoms. The van der Waals surface area contributed by atoms with Gasteiger partial charge in [0.15, 0.2) is 0 Å². The van der Waals surface area contributed by atoms with Crippen molar-refractivity contribution >= 4 is 11.8 Å². The van der Waals surface area contributed by atoms with Crippen LogP contribution in [0.4, 0.5) is 4.39 Å². The molecule has 144 valence electrons. The van der Waals surface area contributed by atoms with E-state index in [9.17, 15) is 14.0 Å². The summed E-state index contributed by atoms with van der Waals surface area (Å²) in [5, 5.41) is 2.74. The minimum Gasteiger partial charge on any atom is -0.341 e. The lowest BCUT2D eigenvalue weighted by molar-refractivity contribution is -0.132. The van der Waals surface area contributed by atoms with Crippen molar-refractivity contribution < 1.29 is 14.0 Å². The second-order valence-corrected chi connectivity index (χ2v) is 7.84. The van der Waals surface area contributed by atoms with Crippen LogP contribution in [0.2, 0.25) is 0 Å². The molecule has 0 aliphatic heterocycles. The van der Waals surface area contributed by atoms with Gasteiger partial charge in [-0.2, -0.15) is 0 Å². The first-order valence-corrected chi connectivity index (χ1v) is 8.99. The molecule has 0 aliphatic rings. The van der Waals surface area contributed by atoms with Gasteiger partial charge in [0, 0.05) is 19.2 Å². The minimum atomic E-state index is -0.662. The van der Waals surface area contributed by atoms with Gasteiger partial charge in [-0.25, -0.2) is 4.39 Å². The summed E-state index contributed by atoms with van der Waals surface area (Å²) in [4.78, 5) is 26.4. The third-order valence-corrected chi connectivity index (χ3v) is 4.44. The van der Waals surface area contributed by atoms with Crippen molar-refractivity contribution in [2.24, 2.45) is 0 Å². The van der Waals surface area contributed by atoms with E-state index in [4.69, 9.17) is 0 Å². The first kappa shape index (κ1) is 20.6. The molecule has 0 fully saturated rings. The molecule has 0 bridgehead atoms. The molecule has 0 aliphatic carbocycles. The maximum atomic E-state index is 13.0. The molecule has 1 atom stereocenters. The van der Waals surface area contributed by atoms with Crippen LogP contribution >= 0.6 is 0 Å². The quantitative estimate of drug-likeness (QED) is 0.868. The Balaban J connectivity index is 1.96. The van der Waals surface area contributed by atoms with E-state index in [-0.39, 0.29) is 23.0 Å². The van der Waals surface area contributed by atoms with Crippen molar-refractivity contribution in [2.75, 3.05) is 7.05 Å². The zero-order valence-electron chi connectivity index (χ0n) is 16.5. The molecule has 0 saturated carbocycles. The van der Waals surface area contributed by atoms with Crippen LogP contribution in [0.3, 0.4) is 0 Å². The highest BCUT2D eigenvalue weighted by molar-refractivity contribution is 5.97. The van der Waals surface area contributed by atoms with Gasteiger partial charge >= 0.3 is 0 Å². The highest BCUT2D eigenvalue weighted by atomic mass is 19.1. The van der Waals surface area contributed by atoms with Gasteiger partial charge in [-0.1, -0.05) is 45.0 Å². The summed E-state index contributed by atoms with van der Waals surface area (Å²) in [7, 11) is 1.66. The Labute approximate surface area is 160 Å². The molecule has 2 amide bonds. The monoisotopic (exact) mass is 370 g/mol. The molecule has 2 aromatic rings. The van der Waals surface area contributed by atoms with Gasteiger partial charge in [0.25, 0.3) is 5.91 Å². The fourth-order valence-corrected chi connectivity index (χ4v) is 2.74. The number of nitrogens with one attached hydrogen (secondary N) is 1. The van der Waals surface area contributed by atoms with Gasteiger partial charge in [0.1, 0.15) is 11.9 Å². The molecule has 4 nitrogen and oxygen atoms in total. The van der Waals surface area contributed by atoms with Crippen molar-refractivity contribution in [2.45, 2.75) is 45.7 Å². The molecular weight excluding hydrogens is 343 g/mol. The van der Waals surface area contributed by atoms with E-state index in [1.165, 1.54) is 17.0 Å². The van der Waals surface area contributed by atoms with Gasteiger partial charge in [-0.05, 0) is 47.7 Å². The van der Waals surface area contributed by atoms with E-state index in [0.29, 0.717) is 12.1 Å². The number of nitrogens with zero attached hydrogens (tertiary/aromatic N) is 1. The standard InChI is InChI=1S/C22H27FN2O2/c1-15(21(27)25(5)14-16-6-12-19(23)13-7-16)24-20(26)17-8-10-18(11-9-17)22(2,3)4/h6-13,15H,14H2,1-5H3,(H,24,26). The number of hydrogen-bond donors (Lipinski definition) is 1. The Hall–Kier alpha value is -2.69. The van der Waals surface area contributed by atoms with E-state index in [1.807, 2.05) is 12.1 Å². The highest BCUT2D eigenvalue weighted by Gasteiger charge is 2.21. The largest absolute Gasteiger partial charge is 0.341 e. The van der Waals surface area contributed by atoms with E-state index >= 15 is 0 Å². The van der Waals surface area contributed by atoms with Gasteiger partial charge in [0.2, 0.25) is 5.91 Å². The van der Waals surface area contributed by atoms with Crippen molar-refractivity contribution in [1.29, 1.82) is 0 Å². The summed E-state index contributed by atoms with van der Waals surface area (Å²) >= 11 is 0. The lowest BCUT2D eigenvalue weighted by Crippen LogP contribution is -2.45. The number of rotatable bonds is 5. The number of hydrogen-bond acceptors (Lipinski definition) is 2. The summed E-state index contributed by atoms with van der Waals surface area (Å²) in [5.41, 5.74) is 2.50. The molecule has 0 aromatic heterocycles. The number of likely N-dealkylation sites (N-methyl/N-ethyl adjacent to an activating group) is 1. The van der Waals surface area contributed by atoms with Gasteiger partial charge in [0.05, 0.1) is 0 Å². The van der Waals surface area contributed by atoms with Crippen LogP contribution in [0.1, 0.15) is 49.2 Å². The Kier molecular flexibility index (Phi) is 6.37. The molecule has 1 N–H and O–H groups in total. The lowest BCUT2D eigenvalue weighted by Gasteiger charge is -2.22. The molecular formula is C22H27FN2O2. The second kappa shape index (κ2) is 8.33. The van der Waals surface area contributed by atoms with Crippen molar-refractivity contribution in [3.63, 3.8) is 0 Å². The average molecular weight is 370 g/mol. The van der Waals surface area contributed by atoms with E-state index in [2.05, 4.69) is 26.1 Å². The van der Waals surface area contributed by atoms with Gasteiger partial charge in [-0.15, -0.1) is 0 Å². The smallest absolute Gasteiger partial charge is 0.251 e. The molecule has 0 spiro atoms. The molecule has 2 aromatic carbocycles. The number of carbonyl (C=O) groups excluding carboxylic acids is 2. The third kappa shape index (κ3) is 5.64. The first-order valence-electron chi connectivity index (χ1n) is 8.99. The van der Waals surface area contributed by atoms with Crippen molar-refractivity contribution in [3.05, 3.63) is 71.0 Å². The first-order chi connectivity index (χ1) is 12.6. The van der Waals surface area contributed by atoms with E-state index < -0.39 is 6.04 Å². The fourth-order valence-electron chi connectivity index (χ4n) is 2.74. The Bertz CT molecular complexity index is 793. The van der Waals surface area contributed by atoms with Crippen LogP contribution in [-0.2, 0) is 16.8 Å². The summed E-state index contributed by atoms with van der Waals surface area (Å²) in [6.07, 6.45) is 0. The van der Waals surface area contributed by atoms with E-state index in [0.717, 1.165) is 11.1 Å². The molecule has 0 radical (unpaired) electrons. The zero-order valence-corrected chi connectivity index (χ0v) is 16.5. The predicted octanol–water partition coefficient (Wildman–Crippen LogP) is 3.90. The number of halogens is 1. The Morgan fingerprint density at radius 2 is 1.59 bits per heavy atom. The average Bonchev–Trinajstić information content (AvgIpc) is 2.62. The SMILES string of the molecule is CC(NC(=O)c1ccc(C(C)(C)C)cc1)C(=O)N(C)Cc1ccc(F)cc1. The number of benzene rings is 2. The van der Waals surface area contributed by atoms with Crippen LogP contribution in [0.5, 0.6) is 0 Å². The summed E-state index contributed by atoms with van der Waals surface area (Å²) in [6.45, 7) is 8.34. The van der Waals surface area contributed by atoms with Crippen LogP contribution in [0.25, 0.3) is 0 Å². The molecule has 5 heteroatoms. The Morgan fingerprint density at radius 3 is 2.11 bits per heavy atom. The van der Waals surface area contributed by atoms with Crippen LogP contribution in [0, 0.1) is 5.82 Å². The fraction of sp³-hybridized carbons (Fsp3) is 0.364. The van der Waals surface area contributed by atoms with Crippen LogP contribution < -0.4 is 5.32 Å². The predicted molar refractivity (Wildman–Crippen MR) is 105 cm³/mol. The summed E-state index contributed by atoms with van der Waals surface area (Å²) in [6, 6.07) is 12.7. The van der Waals surface area contributed by atoms with Crippen molar-refractivity contribution in [1.82, 2.24) is 10.2 Å². The van der Waals surface area contributed by atoms with Gasteiger partial charge < -0.3 is 10.2 Å². The Morgan fingerprint density at radius 1 is 1.04 bits per heavy atom. The van der Waals surface area contributed by atoms with Crippen LogP contribution in [-0.4, -0.2) is 29.8 Å². The maximum Gasteiger partial charge on any atom is 0.251 e. The molecule has 1 unspecified atom stereocenters. The number of carbonyl (C=O) groups is 2. The third-order valence-electron chi connectivity index (χ3n) is 4.44. The van der Waals surface area contributed by atoms with Gasteiger partial charge in [-0.3, -0.25) is 9.59 Å². The number of amides is 2.